The van der Waals surface area contributed by atoms with E-state index in [2.05, 4.69) is 36.7 Å². The normalized spacial score (nSPS) is 26.9. The molecule has 5 N–H and O–H groups in total. The summed E-state index contributed by atoms with van der Waals surface area (Å²) in [4.78, 5) is 40.0. The van der Waals surface area contributed by atoms with E-state index in [1.807, 2.05) is 18.2 Å². The van der Waals surface area contributed by atoms with Crippen LogP contribution in [0.2, 0.25) is 5.02 Å². The molecule has 1 fully saturated rings. The molecule has 1 saturated heterocycles. The summed E-state index contributed by atoms with van der Waals surface area (Å²) < 4.78 is 5.44. The Balaban J connectivity index is 1.64. The number of rotatable bonds is 6. The fraction of sp³-hybridized carbons (Fsp3) is 0.367. The van der Waals surface area contributed by atoms with Crippen molar-refractivity contribution in [1.82, 2.24) is 5.32 Å². The molecule has 2 aliphatic heterocycles. The van der Waals surface area contributed by atoms with Gasteiger partial charge in [0.15, 0.2) is 0 Å². The van der Waals surface area contributed by atoms with E-state index in [4.69, 9.17) is 33.7 Å². The number of ether oxygens (including phenoxy) is 1. The van der Waals surface area contributed by atoms with Crippen LogP contribution >= 0.6 is 23.2 Å². The quantitative estimate of drug-likeness (QED) is 0.382. The Kier molecular flexibility index (Phi) is 7.23. The maximum Gasteiger partial charge on any atom is 0.248 e. The van der Waals surface area contributed by atoms with Crippen molar-refractivity contribution in [3.8, 4) is 5.75 Å². The van der Waals surface area contributed by atoms with Gasteiger partial charge in [0, 0.05) is 39.2 Å². The largest absolute Gasteiger partial charge is 0.495 e. The van der Waals surface area contributed by atoms with E-state index in [0.29, 0.717) is 27.9 Å². The number of halogens is 2. The zero-order chi connectivity index (χ0) is 29.0. The Labute approximate surface area is 243 Å². The van der Waals surface area contributed by atoms with Gasteiger partial charge in [0.25, 0.3) is 0 Å². The molecule has 5 rings (SSSR count). The molecule has 0 saturated carbocycles. The number of methoxy groups -OCH3 is 1. The van der Waals surface area contributed by atoms with E-state index in [-0.39, 0.29) is 34.5 Å². The Morgan fingerprint density at radius 3 is 2.52 bits per heavy atom. The van der Waals surface area contributed by atoms with E-state index < -0.39 is 29.3 Å². The van der Waals surface area contributed by atoms with E-state index in [0.717, 1.165) is 5.56 Å². The minimum absolute atomic E-state index is 0.172. The zero-order valence-electron chi connectivity index (χ0n) is 22.7. The molecule has 10 heteroatoms. The van der Waals surface area contributed by atoms with E-state index in [9.17, 15) is 14.4 Å². The number of carbonyl (C=O) groups excluding carboxylic acids is 3. The number of carbonyl (C=O) groups is 3. The number of nitrogens with two attached hydrogens (primary N) is 1. The van der Waals surface area contributed by atoms with E-state index in [1.165, 1.54) is 19.2 Å². The standard InChI is InChI=1S/C30H32Cl2N4O4/c1-29(2,3)14-23-30(18-10-9-16(31)13-21(18)35-28(30)39)24(17-6-5-7-19(17)32)25(36-23)27(38)34-20-11-8-15(26(33)37)12-22(20)40-4/h5-13,17,23-25,36H,14H2,1-4H3,(H2,33,37)(H,34,38)(H,35,39)/t17?,23-,24-,25+,30+/m0/s1. The van der Waals surface area contributed by atoms with Crippen molar-refractivity contribution < 1.29 is 19.1 Å². The summed E-state index contributed by atoms with van der Waals surface area (Å²) in [6.07, 6.45) is 6.21. The third-order valence-electron chi connectivity index (χ3n) is 7.99. The lowest BCUT2D eigenvalue weighted by Crippen LogP contribution is -2.52. The van der Waals surface area contributed by atoms with Gasteiger partial charge in [-0.2, -0.15) is 0 Å². The van der Waals surface area contributed by atoms with Crippen LogP contribution in [-0.4, -0.2) is 36.9 Å². The first kappa shape index (κ1) is 28.2. The maximum atomic E-state index is 14.2. The molecule has 2 aromatic carbocycles. The van der Waals surface area contributed by atoms with Gasteiger partial charge in [-0.1, -0.05) is 62.2 Å². The summed E-state index contributed by atoms with van der Waals surface area (Å²) in [6.45, 7) is 6.32. The molecule has 0 radical (unpaired) electrons. The Morgan fingerprint density at radius 1 is 1.15 bits per heavy atom. The predicted octanol–water partition coefficient (Wildman–Crippen LogP) is 4.98. The number of amides is 3. The maximum absolute atomic E-state index is 14.2. The van der Waals surface area contributed by atoms with Crippen LogP contribution < -0.4 is 26.4 Å². The van der Waals surface area contributed by atoms with E-state index in [1.54, 1.807) is 24.3 Å². The lowest BCUT2D eigenvalue weighted by Gasteiger charge is -2.39. The van der Waals surface area contributed by atoms with E-state index >= 15 is 0 Å². The minimum Gasteiger partial charge on any atom is -0.495 e. The second-order valence-corrected chi connectivity index (χ2v) is 12.6. The van der Waals surface area contributed by atoms with Crippen LogP contribution in [0.3, 0.4) is 0 Å². The summed E-state index contributed by atoms with van der Waals surface area (Å²) in [5.41, 5.74) is 6.19. The van der Waals surface area contributed by atoms with Crippen molar-refractivity contribution in [2.45, 2.75) is 44.7 Å². The summed E-state index contributed by atoms with van der Waals surface area (Å²) in [5.74, 6) is -1.83. The van der Waals surface area contributed by atoms with Crippen LogP contribution in [0.1, 0.15) is 43.1 Å². The first-order chi connectivity index (χ1) is 18.9. The summed E-state index contributed by atoms with van der Waals surface area (Å²) in [5, 5.41) is 10.6. The number of allylic oxidation sites excluding steroid dienone is 4. The van der Waals surface area contributed by atoms with Gasteiger partial charge >= 0.3 is 0 Å². The average molecular weight is 584 g/mol. The van der Waals surface area contributed by atoms with Crippen LogP contribution in [0.15, 0.2) is 59.7 Å². The molecule has 2 aromatic rings. The van der Waals surface area contributed by atoms with Gasteiger partial charge in [-0.15, -0.1) is 0 Å². The van der Waals surface area contributed by atoms with Crippen molar-refractivity contribution in [3.63, 3.8) is 0 Å². The SMILES string of the molecule is COc1cc(C(N)=O)ccc1NC(=O)[C@@H]1N[C@@H](CC(C)(C)C)[C@@]2(C(=O)Nc3cc(Cl)ccc32)[C@H]1C1C=CC=C1Cl. The molecule has 8 nitrogen and oxygen atoms in total. The van der Waals surface area contributed by atoms with Crippen molar-refractivity contribution in [1.29, 1.82) is 0 Å². The van der Waals surface area contributed by atoms with Gasteiger partial charge in [-0.05, 0) is 53.8 Å². The number of hydrogen-bond donors (Lipinski definition) is 4. The van der Waals surface area contributed by atoms with Gasteiger partial charge in [0.2, 0.25) is 17.7 Å². The third-order valence-corrected chi connectivity index (χ3v) is 8.60. The molecule has 3 aliphatic rings. The molecule has 5 atom stereocenters. The van der Waals surface area contributed by atoms with Crippen molar-refractivity contribution in [3.05, 3.63) is 75.8 Å². The van der Waals surface area contributed by atoms with Crippen LogP contribution in [0.4, 0.5) is 11.4 Å². The second-order valence-electron chi connectivity index (χ2n) is 11.7. The minimum atomic E-state index is -1.11. The van der Waals surface area contributed by atoms with Crippen molar-refractivity contribution in [2.75, 3.05) is 17.7 Å². The monoisotopic (exact) mass is 582 g/mol. The average Bonchev–Trinajstić information content (AvgIpc) is 3.52. The van der Waals surface area contributed by atoms with Crippen LogP contribution in [-0.2, 0) is 15.0 Å². The van der Waals surface area contributed by atoms with Gasteiger partial charge in [0.05, 0.1) is 24.3 Å². The highest BCUT2D eigenvalue weighted by Gasteiger charge is 2.67. The Morgan fingerprint density at radius 2 is 1.90 bits per heavy atom. The molecule has 1 unspecified atom stereocenters. The van der Waals surface area contributed by atoms with Crippen LogP contribution in [0.25, 0.3) is 0 Å². The number of anilines is 2. The number of hydrogen-bond acceptors (Lipinski definition) is 5. The zero-order valence-corrected chi connectivity index (χ0v) is 24.2. The number of fused-ring (bicyclic) bond motifs is 2. The van der Waals surface area contributed by atoms with Gasteiger partial charge in [-0.3, -0.25) is 14.4 Å². The lowest BCUT2D eigenvalue weighted by atomic mass is 9.61. The topological polar surface area (TPSA) is 123 Å². The first-order valence-corrected chi connectivity index (χ1v) is 13.8. The van der Waals surface area contributed by atoms with Gasteiger partial charge in [-0.25, -0.2) is 0 Å². The van der Waals surface area contributed by atoms with Crippen molar-refractivity contribution in [2.24, 2.45) is 23.0 Å². The molecular weight excluding hydrogens is 551 g/mol. The summed E-state index contributed by atoms with van der Waals surface area (Å²) >= 11 is 13.1. The lowest BCUT2D eigenvalue weighted by molar-refractivity contribution is -0.124. The fourth-order valence-corrected chi connectivity index (χ4v) is 6.89. The Hall–Kier alpha value is -3.33. The molecule has 210 valence electrons. The highest BCUT2D eigenvalue weighted by Crippen LogP contribution is 2.57. The molecule has 1 aliphatic carbocycles. The van der Waals surface area contributed by atoms with Crippen LogP contribution in [0.5, 0.6) is 5.75 Å². The van der Waals surface area contributed by atoms with Gasteiger partial charge < -0.3 is 26.4 Å². The third kappa shape index (κ3) is 4.68. The summed E-state index contributed by atoms with van der Waals surface area (Å²) in [6, 6.07) is 8.76. The number of benzene rings is 2. The number of nitrogens with one attached hydrogen (secondary N) is 3. The van der Waals surface area contributed by atoms with Crippen molar-refractivity contribution >= 4 is 52.3 Å². The molecule has 40 heavy (non-hydrogen) atoms. The molecule has 2 heterocycles. The smallest absolute Gasteiger partial charge is 0.248 e. The molecule has 0 aromatic heterocycles. The second kappa shape index (κ2) is 10.3. The van der Waals surface area contributed by atoms with Crippen LogP contribution in [0, 0.1) is 17.3 Å². The molecule has 3 amide bonds. The molecule has 1 spiro atoms. The molecule has 0 bridgehead atoms. The highest BCUT2D eigenvalue weighted by atomic mass is 35.5. The summed E-state index contributed by atoms with van der Waals surface area (Å²) in [7, 11) is 1.44. The number of primary amides is 1. The van der Waals surface area contributed by atoms with Gasteiger partial charge in [0.1, 0.15) is 5.75 Å². The Bertz CT molecular complexity index is 1460. The predicted molar refractivity (Wildman–Crippen MR) is 157 cm³/mol. The fourth-order valence-electron chi connectivity index (χ4n) is 6.43. The first-order valence-electron chi connectivity index (χ1n) is 13.1. The molecular formula is C30H32Cl2N4O4. The highest BCUT2D eigenvalue weighted by molar-refractivity contribution is 6.31.